The summed E-state index contributed by atoms with van der Waals surface area (Å²) in [6.07, 6.45) is 1.99. The number of rotatable bonds is 11. The highest BCUT2D eigenvalue weighted by Crippen LogP contribution is 2.17. The molecule has 0 unspecified atom stereocenters. The summed E-state index contributed by atoms with van der Waals surface area (Å²) in [5.74, 6) is -0.0390. The van der Waals surface area contributed by atoms with E-state index in [9.17, 15) is 9.59 Å². The number of thiol groups is 1. The number of aliphatic carboxylic acids is 1. The van der Waals surface area contributed by atoms with Gasteiger partial charge in [-0.15, -0.1) is 12.6 Å². The summed E-state index contributed by atoms with van der Waals surface area (Å²) in [6, 6.07) is 47.1. The Morgan fingerprint density at radius 3 is 1.48 bits per heavy atom. The second kappa shape index (κ2) is 20.2. The predicted molar refractivity (Wildman–Crippen MR) is 178 cm³/mol. The fraction of sp³-hybridized carbons (Fsp3) is 0.158. The van der Waals surface area contributed by atoms with Gasteiger partial charge in [0.15, 0.2) is 0 Å². The van der Waals surface area contributed by atoms with Crippen molar-refractivity contribution in [3.8, 4) is 5.75 Å². The Morgan fingerprint density at radius 1 is 0.545 bits per heavy atom. The summed E-state index contributed by atoms with van der Waals surface area (Å²) < 4.78 is 10.8. The van der Waals surface area contributed by atoms with E-state index in [4.69, 9.17) is 14.6 Å². The highest BCUT2D eigenvalue weighted by Gasteiger charge is 2.04. The number of carboxylic acids is 1. The summed E-state index contributed by atoms with van der Waals surface area (Å²) in [5.41, 5.74) is 4.43. The summed E-state index contributed by atoms with van der Waals surface area (Å²) in [4.78, 5) is 22.7. The highest BCUT2D eigenvalue weighted by molar-refractivity contribution is 7.80. The van der Waals surface area contributed by atoms with Gasteiger partial charge in [0.25, 0.3) is 0 Å². The van der Waals surface area contributed by atoms with Crippen LogP contribution in [0.15, 0.2) is 150 Å². The van der Waals surface area contributed by atoms with Crippen LogP contribution in [0.2, 0.25) is 0 Å². The molecular weight excluding hydrogens is 568 g/mol. The van der Waals surface area contributed by atoms with Gasteiger partial charge in [0, 0.05) is 17.7 Å². The minimum absolute atomic E-state index is 0.150. The van der Waals surface area contributed by atoms with Gasteiger partial charge in [-0.05, 0) is 53.3 Å². The molecule has 0 aliphatic heterocycles. The monoisotopic (exact) mass is 606 g/mol. The SMILES string of the molecule is O=C(CCc1ccccc1)OCc1ccccc1.O=C(O)CCc1ccccc1.Sc1cccc(OCc2ccccc2)c1. The molecule has 5 aromatic carbocycles. The maximum atomic E-state index is 11.6. The van der Waals surface area contributed by atoms with E-state index in [1.54, 1.807) is 0 Å². The molecule has 0 heterocycles. The van der Waals surface area contributed by atoms with Crippen molar-refractivity contribution >= 4 is 24.6 Å². The number of carbonyl (C=O) groups excluding carboxylic acids is 1. The van der Waals surface area contributed by atoms with Crippen LogP contribution in [0.5, 0.6) is 5.75 Å². The normalized spacial score (nSPS) is 9.84. The number of ether oxygens (including phenoxy) is 2. The first-order chi connectivity index (χ1) is 21.5. The van der Waals surface area contributed by atoms with E-state index in [1.807, 2.05) is 146 Å². The molecule has 1 N–H and O–H groups in total. The Kier molecular flexibility index (Phi) is 15.4. The van der Waals surface area contributed by atoms with Crippen molar-refractivity contribution in [1.82, 2.24) is 0 Å². The predicted octanol–water partition coefficient (Wildman–Crippen LogP) is 8.62. The van der Waals surface area contributed by atoms with Crippen LogP contribution in [0.1, 0.15) is 35.1 Å². The van der Waals surface area contributed by atoms with E-state index >= 15 is 0 Å². The fourth-order valence-electron chi connectivity index (χ4n) is 3.91. The molecule has 0 aliphatic carbocycles. The van der Waals surface area contributed by atoms with Crippen LogP contribution in [0.3, 0.4) is 0 Å². The largest absolute Gasteiger partial charge is 0.489 e. The molecule has 6 heteroatoms. The molecule has 5 rings (SSSR count). The molecule has 0 saturated heterocycles. The van der Waals surface area contributed by atoms with Crippen LogP contribution < -0.4 is 4.74 Å². The van der Waals surface area contributed by atoms with Crippen LogP contribution >= 0.6 is 12.6 Å². The molecule has 5 aromatic rings. The molecule has 226 valence electrons. The molecule has 0 aromatic heterocycles. The second-order valence-electron chi connectivity index (χ2n) is 9.78. The minimum atomic E-state index is -0.742. The molecule has 0 aliphatic rings. The van der Waals surface area contributed by atoms with Gasteiger partial charge in [0.05, 0.1) is 0 Å². The number of esters is 1. The molecule has 0 spiro atoms. The molecule has 0 fully saturated rings. The van der Waals surface area contributed by atoms with Crippen molar-refractivity contribution in [2.75, 3.05) is 0 Å². The molecule has 5 nitrogen and oxygen atoms in total. The van der Waals surface area contributed by atoms with Crippen LogP contribution in [0.4, 0.5) is 0 Å². The average Bonchev–Trinajstić information content (AvgIpc) is 3.07. The number of aryl methyl sites for hydroxylation is 2. The summed E-state index contributed by atoms with van der Waals surface area (Å²) >= 11 is 4.25. The van der Waals surface area contributed by atoms with Crippen molar-refractivity contribution in [3.05, 3.63) is 168 Å². The third-order valence-corrected chi connectivity index (χ3v) is 6.52. The molecule has 44 heavy (non-hydrogen) atoms. The lowest BCUT2D eigenvalue weighted by atomic mass is 10.1. The maximum absolute atomic E-state index is 11.6. The summed E-state index contributed by atoms with van der Waals surface area (Å²) in [5, 5.41) is 8.37. The number of carbonyl (C=O) groups is 2. The van der Waals surface area contributed by atoms with E-state index in [-0.39, 0.29) is 12.4 Å². The van der Waals surface area contributed by atoms with E-state index in [2.05, 4.69) is 12.6 Å². The fourth-order valence-corrected chi connectivity index (χ4v) is 4.12. The van der Waals surface area contributed by atoms with Crippen molar-refractivity contribution in [1.29, 1.82) is 0 Å². The third kappa shape index (κ3) is 14.9. The van der Waals surface area contributed by atoms with E-state index in [0.29, 0.717) is 26.1 Å². The van der Waals surface area contributed by atoms with Gasteiger partial charge >= 0.3 is 11.9 Å². The van der Waals surface area contributed by atoms with Gasteiger partial charge in [-0.1, -0.05) is 127 Å². The third-order valence-electron chi connectivity index (χ3n) is 6.24. The van der Waals surface area contributed by atoms with Gasteiger partial charge in [-0.25, -0.2) is 0 Å². The average molecular weight is 607 g/mol. The van der Waals surface area contributed by atoms with Crippen molar-refractivity contribution in [3.63, 3.8) is 0 Å². The first-order valence-electron chi connectivity index (χ1n) is 14.4. The number of hydrogen-bond acceptors (Lipinski definition) is 5. The first kappa shape index (κ1) is 33.7. The number of benzene rings is 5. The van der Waals surface area contributed by atoms with Gasteiger partial charge in [0.2, 0.25) is 0 Å². The van der Waals surface area contributed by atoms with Crippen molar-refractivity contribution in [2.45, 2.75) is 43.8 Å². The van der Waals surface area contributed by atoms with E-state index < -0.39 is 5.97 Å². The lowest BCUT2D eigenvalue weighted by molar-refractivity contribution is -0.145. The summed E-state index contributed by atoms with van der Waals surface area (Å²) in [7, 11) is 0. The second-order valence-corrected chi connectivity index (χ2v) is 10.3. The molecule has 0 bridgehead atoms. The zero-order chi connectivity index (χ0) is 31.2. The molecule has 0 radical (unpaired) electrons. The van der Waals surface area contributed by atoms with E-state index in [1.165, 1.54) is 5.56 Å². The van der Waals surface area contributed by atoms with Crippen LogP contribution in [-0.4, -0.2) is 17.0 Å². The Morgan fingerprint density at radius 2 is 1.00 bits per heavy atom. The van der Waals surface area contributed by atoms with Gasteiger partial charge in [-0.3, -0.25) is 9.59 Å². The summed E-state index contributed by atoms with van der Waals surface area (Å²) in [6.45, 7) is 0.951. The lowest BCUT2D eigenvalue weighted by Gasteiger charge is -2.06. The van der Waals surface area contributed by atoms with Crippen molar-refractivity contribution < 1.29 is 24.2 Å². The number of hydrogen-bond donors (Lipinski definition) is 2. The topological polar surface area (TPSA) is 72.8 Å². The number of carboxylic acid groups (broad SMARTS) is 1. The standard InChI is InChI=1S/C16H16O2.C13H12OS.C9H10O2/c17-16(12-11-14-7-3-1-4-8-14)18-13-15-9-5-2-6-10-15;15-13-8-4-7-12(9-13)14-10-11-5-2-1-3-6-11;10-9(11)7-6-8-4-2-1-3-5-8/h1-10H,11-13H2;1-9,15H,10H2;1-5H,6-7H2,(H,10,11). The van der Waals surface area contributed by atoms with Gasteiger partial charge in [-0.2, -0.15) is 0 Å². The van der Waals surface area contributed by atoms with Crippen LogP contribution in [0, 0.1) is 0 Å². The van der Waals surface area contributed by atoms with E-state index in [0.717, 1.165) is 33.8 Å². The Labute approximate surface area is 265 Å². The zero-order valence-corrected chi connectivity index (χ0v) is 25.5. The molecule has 0 amide bonds. The Balaban J connectivity index is 0.000000186. The highest BCUT2D eigenvalue weighted by atomic mass is 32.1. The lowest BCUT2D eigenvalue weighted by Crippen LogP contribution is -2.05. The van der Waals surface area contributed by atoms with Gasteiger partial charge < -0.3 is 14.6 Å². The van der Waals surface area contributed by atoms with Crippen LogP contribution in [-0.2, 0) is 40.4 Å². The Hall–Kier alpha value is -4.81. The van der Waals surface area contributed by atoms with Crippen molar-refractivity contribution in [2.24, 2.45) is 0 Å². The smallest absolute Gasteiger partial charge is 0.306 e. The van der Waals surface area contributed by atoms with Gasteiger partial charge in [0.1, 0.15) is 19.0 Å². The first-order valence-corrected chi connectivity index (χ1v) is 14.9. The molecule has 0 saturated carbocycles. The minimum Gasteiger partial charge on any atom is -0.489 e. The quantitative estimate of drug-likeness (QED) is 0.116. The Bertz CT molecular complexity index is 1450. The zero-order valence-electron chi connectivity index (χ0n) is 24.6. The molecular formula is C38H38O5S. The van der Waals surface area contributed by atoms with Crippen LogP contribution in [0.25, 0.3) is 0 Å². The maximum Gasteiger partial charge on any atom is 0.306 e. The molecule has 0 atom stereocenters.